The number of nitrogens with zero attached hydrogens (tertiary/aromatic N) is 2. The average Bonchev–Trinajstić information content (AvgIpc) is 2.97. The van der Waals surface area contributed by atoms with Crippen LogP contribution >= 0.6 is 0 Å². The number of nitrogens with one attached hydrogen (secondary N) is 1. The first kappa shape index (κ1) is 15.0. The van der Waals surface area contributed by atoms with Gasteiger partial charge in [-0.05, 0) is 49.2 Å². The van der Waals surface area contributed by atoms with Crippen LogP contribution in [-0.4, -0.2) is 16.1 Å². The van der Waals surface area contributed by atoms with Crippen molar-refractivity contribution >= 4 is 11.6 Å². The van der Waals surface area contributed by atoms with Gasteiger partial charge in [-0.2, -0.15) is 0 Å². The standard InChI is InChI=1S/C18H17N3O2/c1-11-5-4-6-12(2)16(11)19-17(22)14-7-9-15(10-8-14)18-21-20-13(3)23-18/h4-10H,1-3H3,(H,19,22). The normalized spacial score (nSPS) is 10.6. The maximum absolute atomic E-state index is 12.4. The van der Waals surface area contributed by atoms with E-state index in [4.69, 9.17) is 4.42 Å². The predicted octanol–water partition coefficient (Wildman–Crippen LogP) is 3.91. The summed E-state index contributed by atoms with van der Waals surface area (Å²) < 4.78 is 5.37. The van der Waals surface area contributed by atoms with Gasteiger partial charge in [0.15, 0.2) is 0 Å². The fourth-order valence-corrected chi connectivity index (χ4v) is 2.37. The van der Waals surface area contributed by atoms with Crippen molar-refractivity contribution in [1.29, 1.82) is 0 Å². The summed E-state index contributed by atoms with van der Waals surface area (Å²) in [6, 6.07) is 13.0. The molecule has 5 heteroatoms. The first-order valence-electron chi connectivity index (χ1n) is 7.32. The van der Waals surface area contributed by atoms with Crippen LogP contribution in [0.2, 0.25) is 0 Å². The van der Waals surface area contributed by atoms with Crippen LogP contribution in [0.25, 0.3) is 11.5 Å². The molecule has 1 heterocycles. The van der Waals surface area contributed by atoms with Gasteiger partial charge in [0.2, 0.25) is 11.8 Å². The lowest BCUT2D eigenvalue weighted by Gasteiger charge is -2.11. The molecule has 0 saturated carbocycles. The summed E-state index contributed by atoms with van der Waals surface area (Å²) in [6.07, 6.45) is 0. The van der Waals surface area contributed by atoms with Crippen molar-refractivity contribution in [3.63, 3.8) is 0 Å². The van der Waals surface area contributed by atoms with Gasteiger partial charge < -0.3 is 9.73 Å². The molecule has 0 fully saturated rings. The summed E-state index contributed by atoms with van der Waals surface area (Å²) in [4.78, 5) is 12.4. The predicted molar refractivity (Wildman–Crippen MR) is 88.3 cm³/mol. The van der Waals surface area contributed by atoms with E-state index in [0.717, 1.165) is 22.4 Å². The van der Waals surface area contributed by atoms with Crippen molar-refractivity contribution in [2.45, 2.75) is 20.8 Å². The van der Waals surface area contributed by atoms with E-state index >= 15 is 0 Å². The molecule has 23 heavy (non-hydrogen) atoms. The molecule has 0 atom stereocenters. The lowest BCUT2D eigenvalue weighted by Crippen LogP contribution is -2.13. The molecule has 0 unspecified atom stereocenters. The Morgan fingerprint density at radius 3 is 2.17 bits per heavy atom. The average molecular weight is 307 g/mol. The van der Waals surface area contributed by atoms with E-state index in [-0.39, 0.29) is 5.91 Å². The number of hydrogen-bond donors (Lipinski definition) is 1. The molecular formula is C18H17N3O2. The minimum Gasteiger partial charge on any atom is -0.421 e. The van der Waals surface area contributed by atoms with Gasteiger partial charge in [0.25, 0.3) is 5.91 Å². The Bertz CT molecular complexity index is 831. The third kappa shape index (κ3) is 3.13. The molecule has 0 radical (unpaired) electrons. The van der Waals surface area contributed by atoms with Crippen molar-refractivity contribution < 1.29 is 9.21 Å². The van der Waals surface area contributed by atoms with E-state index in [2.05, 4.69) is 15.5 Å². The van der Waals surface area contributed by atoms with E-state index in [9.17, 15) is 4.79 Å². The zero-order valence-electron chi connectivity index (χ0n) is 13.3. The molecule has 0 aliphatic rings. The van der Waals surface area contributed by atoms with Crippen molar-refractivity contribution in [2.75, 3.05) is 5.32 Å². The second-order valence-electron chi connectivity index (χ2n) is 5.42. The van der Waals surface area contributed by atoms with Crippen LogP contribution in [0.1, 0.15) is 27.4 Å². The maximum atomic E-state index is 12.4. The number of hydrogen-bond acceptors (Lipinski definition) is 4. The second kappa shape index (κ2) is 6.04. The fraction of sp³-hybridized carbons (Fsp3) is 0.167. The van der Waals surface area contributed by atoms with Gasteiger partial charge in [-0.1, -0.05) is 18.2 Å². The molecule has 0 aliphatic heterocycles. The molecule has 116 valence electrons. The van der Waals surface area contributed by atoms with Gasteiger partial charge in [-0.15, -0.1) is 10.2 Å². The topological polar surface area (TPSA) is 68.0 Å². The summed E-state index contributed by atoms with van der Waals surface area (Å²) in [5.41, 5.74) is 4.29. The quantitative estimate of drug-likeness (QED) is 0.796. The molecule has 1 amide bonds. The van der Waals surface area contributed by atoms with E-state index in [1.165, 1.54) is 0 Å². The minimum atomic E-state index is -0.143. The van der Waals surface area contributed by atoms with Crippen LogP contribution in [0.3, 0.4) is 0 Å². The molecule has 0 bridgehead atoms. The molecule has 5 nitrogen and oxygen atoms in total. The number of amides is 1. The molecule has 3 aromatic rings. The van der Waals surface area contributed by atoms with Crippen LogP contribution in [0.4, 0.5) is 5.69 Å². The lowest BCUT2D eigenvalue weighted by molar-refractivity contribution is 0.102. The Labute approximate surface area is 134 Å². The van der Waals surface area contributed by atoms with E-state index in [1.54, 1.807) is 31.2 Å². The maximum Gasteiger partial charge on any atom is 0.255 e. The number of benzene rings is 2. The van der Waals surface area contributed by atoms with Crippen LogP contribution in [0.15, 0.2) is 46.9 Å². The third-order valence-electron chi connectivity index (χ3n) is 3.64. The first-order chi connectivity index (χ1) is 11.0. The Hall–Kier alpha value is -2.95. The van der Waals surface area contributed by atoms with Crippen molar-refractivity contribution in [3.05, 3.63) is 65.0 Å². The smallest absolute Gasteiger partial charge is 0.255 e. The van der Waals surface area contributed by atoms with Crippen molar-refractivity contribution in [2.24, 2.45) is 0 Å². The lowest BCUT2D eigenvalue weighted by atomic mass is 10.1. The zero-order chi connectivity index (χ0) is 16.4. The number of rotatable bonds is 3. The highest BCUT2D eigenvalue weighted by Crippen LogP contribution is 2.22. The molecule has 0 spiro atoms. The number of anilines is 1. The van der Waals surface area contributed by atoms with E-state index < -0.39 is 0 Å². The zero-order valence-corrected chi connectivity index (χ0v) is 13.3. The van der Waals surface area contributed by atoms with Crippen LogP contribution in [-0.2, 0) is 0 Å². The SMILES string of the molecule is Cc1nnc(-c2ccc(C(=O)Nc3c(C)cccc3C)cc2)o1. The number of para-hydroxylation sites is 1. The Morgan fingerprint density at radius 2 is 1.61 bits per heavy atom. The molecule has 2 aromatic carbocycles. The van der Waals surface area contributed by atoms with Crippen LogP contribution in [0, 0.1) is 20.8 Å². The number of aryl methyl sites for hydroxylation is 3. The highest BCUT2D eigenvalue weighted by Gasteiger charge is 2.11. The Balaban J connectivity index is 1.81. The Morgan fingerprint density at radius 1 is 0.957 bits per heavy atom. The van der Waals surface area contributed by atoms with E-state index in [0.29, 0.717) is 17.3 Å². The molecule has 1 aromatic heterocycles. The second-order valence-corrected chi connectivity index (χ2v) is 5.42. The molecule has 3 rings (SSSR count). The van der Waals surface area contributed by atoms with E-state index in [1.807, 2.05) is 32.0 Å². The summed E-state index contributed by atoms with van der Waals surface area (Å²) in [6.45, 7) is 5.69. The summed E-state index contributed by atoms with van der Waals surface area (Å²) in [5, 5.41) is 10.7. The highest BCUT2D eigenvalue weighted by molar-refractivity contribution is 6.05. The van der Waals surface area contributed by atoms with Gasteiger partial charge in [-0.3, -0.25) is 4.79 Å². The summed E-state index contributed by atoms with van der Waals surface area (Å²) >= 11 is 0. The molecule has 0 saturated heterocycles. The summed E-state index contributed by atoms with van der Waals surface area (Å²) in [5.74, 6) is 0.816. The van der Waals surface area contributed by atoms with Gasteiger partial charge in [0.05, 0.1) is 0 Å². The van der Waals surface area contributed by atoms with Crippen LogP contribution < -0.4 is 5.32 Å². The van der Waals surface area contributed by atoms with Gasteiger partial charge in [0, 0.05) is 23.7 Å². The van der Waals surface area contributed by atoms with Gasteiger partial charge in [0.1, 0.15) is 0 Å². The molecule has 1 N–H and O–H groups in total. The van der Waals surface area contributed by atoms with Crippen molar-refractivity contribution in [1.82, 2.24) is 10.2 Å². The van der Waals surface area contributed by atoms with Gasteiger partial charge >= 0.3 is 0 Å². The monoisotopic (exact) mass is 307 g/mol. The number of carbonyl (C=O) groups is 1. The minimum absolute atomic E-state index is 0.143. The van der Waals surface area contributed by atoms with Crippen LogP contribution in [0.5, 0.6) is 0 Å². The van der Waals surface area contributed by atoms with Gasteiger partial charge in [-0.25, -0.2) is 0 Å². The molecule has 0 aliphatic carbocycles. The highest BCUT2D eigenvalue weighted by atomic mass is 16.4. The molecular weight excluding hydrogens is 290 g/mol. The summed E-state index contributed by atoms with van der Waals surface area (Å²) in [7, 11) is 0. The first-order valence-corrected chi connectivity index (χ1v) is 7.32. The fourth-order valence-electron chi connectivity index (χ4n) is 2.37. The Kier molecular flexibility index (Phi) is 3.93. The number of carbonyl (C=O) groups excluding carboxylic acids is 1. The largest absolute Gasteiger partial charge is 0.421 e. The number of aromatic nitrogens is 2. The van der Waals surface area contributed by atoms with Crippen molar-refractivity contribution in [3.8, 4) is 11.5 Å². The third-order valence-corrected chi connectivity index (χ3v) is 3.64.